The third-order valence-corrected chi connectivity index (χ3v) is 5.02. The SMILES string of the molecule is Cn1cccc(C(=O)N2CC[C@@]34OCCN3C(=O)C[C@@H]24)c1=O. The highest BCUT2D eigenvalue weighted by atomic mass is 16.5. The number of carbonyl (C=O) groups excluding carboxylic acids is 2. The molecular formula is C15H17N3O4. The summed E-state index contributed by atoms with van der Waals surface area (Å²) in [5.41, 5.74) is -0.833. The van der Waals surface area contributed by atoms with E-state index in [1.807, 2.05) is 0 Å². The third kappa shape index (κ3) is 1.57. The Labute approximate surface area is 127 Å². The molecule has 0 saturated carbocycles. The lowest BCUT2D eigenvalue weighted by Gasteiger charge is -2.31. The fraction of sp³-hybridized carbons (Fsp3) is 0.533. The normalized spacial score (nSPS) is 29.9. The van der Waals surface area contributed by atoms with Crippen LogP contribution in [-0.2, 0) is 16.6 Å². The number of rotatable bonds is 1. The molecule has 116 valence electrons. The Morgan fingerprint density at radius 3 is 3.00 bits per heavy atom. The number of carbonyl (C=O) groups is 2. The van der Waals surface area contributed by atoms with Gasteiger partial charge in [0.1, 0.15) is 5.56 Å². The predicted octanol–water partition coefficient (Wildman–Crippen LogP) is -0.441. The lowest BCUT2D eigenvalue weighted by Crippen LogP contribution is -2.49. The van der Waals surface area contributed by atoms with Gasteiger partial charge in [0, 0.05) is 32.8 Å². The number of nitrogens with zero attached hydrogens (tertiary/aromatic N) is 3. The zero-order valence-corrected chi connectivity index (χ0v) is 12.3. The number of hydrogen-bond acceptors (Lipinski definition) is 4. The molecule has 0 aliphatic carbocycles. The summed E-state index contributed by atoms with van der Waals surface area (Å²) < 4.78 is 7.24. The summed E-state index contributed by atoms with van der Waals surface area (Å²) in [5.74, 6) is -0.283. The summed E-state index contributed by atoms with van der Waals surface area (Å²) in [6, 6.07) is 2.93. The summed E-state index contributed by atoms with van der Waals surface area (Å²) in [4.78, 5) is 40.5. The highest BCUT2D eigenvalue weighted by molar-refractivity contribution is 5.95. The molecule has 1 aromatic rings. The Morgan fingerprint density at radius 1 is 1.36 bits per heavy atom. The molecule has 0 aromatic carbocycles. The molecule has 3 aliphatic rings. The van der Waals surface area contributed by atoms with Gasteiger partial charge in [-0.1, -0.05) is 0 Å². The van der Waals surface area contributed by atoms with Crippen LogP contribution in [0.2, 0.25) is 0 Å². The number of pyridine rings is 1. The highest BCUT2D eigenvalue weighted by Gasteiger charge is 2.63. The molecule has 7 nitrogen and oxygen atoms in total. The first-order chi connectivity index (χ1) is 10.5. The number of aromatic nitrogens is 1. The van der Waals surface area contributed by atoms with Crippen molar-refractivity contribution in [2.45, 2.75) is 24.6 Å². The molecule has 3 saturated heterocycles. The van der Waals surface area contributed by atoms with Crippen LogP contribution in [0, 0.1) is 0 Å². The number of ether oxygens (including phenoxy) is 1. The van der Waals surface area contributed by atoms with Crippen LogP contribution in [0.1, 0.15) is 23.2 Å². The van der Waals surface area contributed by atoms with Crippen LogP contribution in [0.4, 0.5) is 0 Å². The van der Waals surface area contributed by atoms with Crippen molar-refractivity contribution >= 4 is 11.8 Å². The summed E-state index contributed by atoms with van der Waals surface area (Å²) >= 11 is 0. The lowest BCUT2D eigenvalue weighted by molar-refractivity contribution is -0.136. The maximum atomic E-state index is 12.8. The number of likely N-dealkylation sites (tertiary alicyclic amines) is 1. The van der Waals surface area contributed by atoms with Crippen molar-refractivity contribution in [3.05, 3.63) is 34.2 Å². The fourth-order valence-electron chi connectivity index (χ4n) is 3.95. The van der Waals surface area contributed by atoms with Crippen LogP contribution in [0.3, 0.4) is 0 Å². The zero-order chi connectivity index (χ0) is 15.5. The van der Waals surface area contributed by atoms with E-state index < -0.39 is 5.72 Å². The van der Waals surface area contributed by atoms with Gasteiger partial charge < -0.3 is 19.1 Å². The van der Waals surface area contributed by atoms with Crippen molar-refractivity contribution < 1.29 is 14.3 Å². The van der Waals surface area contributed by atoms with Crippen LogP contribution in [0.15, 0.2) is 23.1 Å². The molecule has 0 radical (unpaired) electrons. The van der Waals surface area contributed by atoms with Crippen molar-refractivity contribution in [3.8, 4) is 0 Å². The van der Waals surface area contributed by atoms with E-state index in [2.05, 4.69) is 0 Å². The van der Waals surface area contributed by atoms with E-state index in [1.54, 1.807) is 35.2 Å². The Bertz CT molecular complexity index is 728. The first kappa shape index (κ1) is 13.5. The molecule has 0 unspecified atom stereocenters. The van der Waals surface area contributed by atoms with Gasteiger partial charge >= 0.3 is 0 Å². The van der Waals surface area contributed by atoms with Crippen molar-refractivity contribution in [3.63, 3.8) is 0 Å². The van der Waals surface area contributed by atoms with Gasteiger partial charge in [0.05, 0.1) is 19.1 Å². The lowest BCUT2D eigenvalue weighted by atomic mass is 10.1. The molecule has 4 rings (SSSR count). The fourth-order valence-corrected chi connectivity index (χ4v) is 3.95. The van der Waals surface area contributed by atoms with Gasteiger partial charge in [-0.3, -0.25) is 14.4 Å². The van der Waals surface area contributed by atoms with Gasteiger partial charge in [-0.25, -0.2) is 0 Å². The van der Waals surface area contributed by atoms with Crippen molar-refractivity contribution in [2.24, 2.45) is 7.05 Å². The molecule has 0 N–H and O–H groups in total. The van der Waals surface area contributed by atoms with Crippen LogP contribution in [-0.4, -0.2) is 57.6 Å². The van der Waals surface area contributed by atoms with Gasteiger partial charge in [-0.15, -0.1) is 0 Å². The molecule has 3 aliphatic heterocycles. The minimum Gasteiger partial charge on any atom is -0.351 e. The topological polar surface area (TPSA) is 71.8 Å². The molecule has 22 heavy (non-hydrogen) atoms. The average molecular weight is 303 g/mol. The van der Waals surface area contributed by atoms with Gasteiger partial charge in [0.15, 0.2) is 5.72 Å². The Balaban J connectivity index is 1.70. The van der Waals surface area contributed by atoms with Crippen LogP contribution >= 0.6 is 0 Å². The molecule has 3 fully saturated rings. The Hall–Kier alpha value is -2.15. The van der Waals surface area contributed by atoms with E-state index in [0.29, 0.717) is 26.1 Å². The second-order valence-corrected chi connectivity index (χ2v) is 6.05. The van der Waals surface area contributed by atoms with E-state index in [-0.39, 0.29) is 35.4 Å². The molecule has 2 atom stereocenters. The average Bonchev–Trinajstić information content (AvgIpc) is 3.13. The molecule has 2 amide bonds. The van der Waals surface area contributed by atoms with E-state index in [1.165, 1.54) is 4.57 Å². The first-order valence-electron chi connectivity index (χ1n) is 7.46. The highest BCUT2D eigenvalue weighted by Crippen LogP contribution is 2.45. The van der Waals surface area contributed by atoms with Gasteiger partial charge in [-0.05, 0) is 12.1 Å². The largest absolute Gasteiger partial charge is 0.351 e. The summed E-state index contributed by atoms with van der Waals surface area (Å²) in [6.07, 6.45) is 2.51. The Morgan fingerprint density at radius 2 is 2.18 bits per heavy atom. The smallest absolute Gasteiger partial charge is 0.263 e. The van der Waals surface area contributed by atoms with Crippen molar-refractivity contribution in [1.29, 1.82) is 0 Å². The summed E-state index contributed by atoms with van der Waals surface area (Å²) in [7, 11) is 1.62. The van der Waals surface area contributed by atoms with Crippen molar-refractivity contribution in [1.82, 2.24) is 14.4 Å². The molecule has 1 spiro atoms. The quantitative estimate of drug-likeness (QED) is 0.705. The van der Waals surface area contributed by atoms with Gasteiger partial charge in [-0.2, -0.15) is 0 Å². The van der Waals surface area contributed by atoms with E-state index in [0.717, 1.165) is 0 Å². The minimum atomic E-state index is -0.660. The van der Waals surface area contributed by atoms with Gasteiger partial charge in [0.25, 0.3) is 11.5 Å². The standard InChI is InChI=1S/C15H17N3O4/c1-16-5-2-3-10(13(16)20)14(21)17-6-4-15-11(17)9-12(19)18(15)7-8-22-15/h2-3,5,11H,4,6-9H2,1H3/t11-,15+/m1/s1. The molecule has 1 aromatic heterocycles. The monoisotopic (exact) mass is 303 g/mol. The molecule has 0 bridgehead atoms. The minimum absolute atomic E-state index is 0.0287. The number of amides is 2. The zero-order valence-electron chi connectivity index (χ0n) is 12.3. The van der Waals surface area contributed by atoms with Crippen LogP contribution in [0.5, 0.6) is 0 Å². The summed E-state index contributed by atoms with van der Waals surface area (Å²) in [6.45, 7) is 1.60. The second-order valence-electron chi connectivity index (χ2n) is 6.05. The number of aryl methyl sites for hydroxylation is 1. The van der Waals surface area contributed by atoms with Crippen LogP contribution in [0.25, 0.3) is 0 Å². The summed E-state index contributed by atoms with van der Waals surface area (Å²) in [5, 5.41) is 0. The molecule has 4 heterocycles. The Kier molecular flexibility index (Phi) is 2.72. The second kappa shape index (κ2) is 4.42. The maximum absolute atomic E-state index is 12.8. The molecule has 7 heteroatoms. The molecular weight excluding hydrogens is 286 g/mol. The number of hydrogen-bond donors (Lipinski definition) is 0. The van der Waals surface area contributed by atoms with E-state index >= 15 is 0 Å². The van der Waals surface area contributed by atoms with E-state index in [4.69, 9.17) is 4.74 Å². The predicted molar refractivity (Wildman–Crippen MR) is 76.1 cm³/mol. The maximum Gasteiger partial charge on any atom is 0.263 e. The third-order valence-electron chi connectivity index (χ3n) is 5.02. The van der Waals surface area contributed by atoms with Crippen molar-refractivity contribution in [2.75, 3.05) is 19.7 Å². The van der Waals surface area contributed by atoms with Gasteiger partial charge in [0.2, 0.25) is 5.91 Å². The van der Waals surface area contributed by atoms with E-state index in [9.17, 15) is 14.4 Å². The van der Waals surface area contributed by atoms with Crippen LogP contribution < -0.4 is 5.56 Å². The first-order valence-corrected chi connectivity index (χ1v) is 7.46.